The van der Waals surface area contributed by atoms with E-state index in [1.165, 1.54) is 17.2 Å². The molecule has 168 valence electrons. The third-order valence-corrected chi connectivity index (χ3v) is 5.20. The summed E-state index contributed by atoms with van der Waals surface area (Å²) in [6, 6.07) is 20.2. The van der Waals surface area contributed by atoms with Crippen molar-refractivity contribution < 1.29 is 19.0 Å². The third-order valence-electron chi connectivity index (χ3n) is 5.20. The number of nitrogens with one attached hydrogen (secondary N) is 1. The fourth-order valence-corrected chi connectivity index (χ4v) is 3.12. The molecule has 3 aromatic carbocycles. The highest BCUT2D eigenvalue weighted by molar-refractivity contribution is 6.09. The maximum atomic E-state index is 12.7. The van der Waals surface area contributed by atoms with Crippen molar-refractivity contribution in [1.29, 1.82) is 5.26 Å². The minimum Gasteiger partial charge on any atom is -0.497 e. The average molecular weight is 443 g/mol. The van der Waals surface area contributed by atoms with Crippen LogP contribution in [0.3, 0.4) is 0 Å². The summed E-state index contributed by atoms with van der Waals surface area (Å²) in [5, 5.41) is 12.3. The molecule has 0 heterocycles. The Kier molecular flexibility index (Phi) is 7.72. The summed E-state index contributed by atoms with van der Waals surface area (Å²) in [5.41, 5.74) is 4.53. The highest BCUT2D eigenvalue weighted by Gasteiger charge is 2.13. The first-order valence-corrected chi connectivity index (χ1v) is 10.4. The molecule has 6 heteroatoms. The van der Waals surface area contributed by atoms with Crippen LogP contribution in [0, 0.1) is 25.2 Å². The smallest absolute Gasteiger partial charge is 0.266 e. The van der Waals surface area contributed by atoms with E-state index in [1.807, 2.05) is 12.1 Å². The molecule has 0 saturated heterocycles. The van der Waals surface area contributed by atoms with Crippen LogP contribution in [0.2, 0.25) is 0 Å². The van der Waals surface area contributed by atoms with E-state index in [2.05, 4.69) is 31.3 Å². The van der Waals surface area contributed by atoms with Crippen LogP contribution in [-0.4, -0.2) is 20.1 Å². The molecule has 0 bridgehead atoms. The number of methoxy groups -OCH3 is 2. The van der Waals surface area contributed by atoms with E-state index >= 15 is 0 Å². The molecule has 6 nitrogen and oxygen atoms in total. The van der Waals surface area contributed by atoms with Gasteiger partial charge in [-0.15, -0.1) is 0 Å². The maximum absolute atomic E-state index is 12.7. The van der Waals surface area contributed by atoms with E-state index in [4.69, 9.17) is 14.2 Å². The van der Waals surface area contributed by atoms with Crippen molar-refractivity contribution in [3.8, 4) is 23.3 Å². The first-order chi connectivity index (χ1) is 15.9. The van der Waals surface area contributed by atoms with Crippen LogP contribution >= 0.6 is 0 Å². The zero-order chi connectivity index (χ0) is 23.8. The Morgan fingerprint density at radius 3 is 2.27 bits per heavy atom. The minimum atomic E-state index is -0.515. The molecule has 0 fully saturated rings. The zero-order valence-electron chi connectivity index (χ0n) is 19.1. The van der Waals surface area contributed by atoms with Crippen molar-refractivity contribution in [3.05, 3.63) is 88.5 Å². The van der Waals surface area contributed by atoms with Gasteiger partial charge in [0.1, 0.15) is 35.5 Å². The Morgan fingerprint density at radius 2 is 1.64 bits per heavy atom. The number of benzene rings is 3. The third kappa shape index (κ3) is 6.14. The van der Waals surface area contributed by atoms with Crippen molar-refractivity contribution in [2.75, 3.05) is 19.5 Å². The number of hydrogen-bond donors (Lipinski definition) is 1. The monoisotopic (exact) mass is 442 g/mol. The van der Waals surface area contributed by atoms with Crippen molar-refractivity contribution >= 4 is 17.7 Å². The lowest BCUT2D eigenvalue weighted by Crippen LogP contribution is -2.13. The summed E-state index contributed by atoms with van der Waals surface area (Å²) in [7, 11) is 3.14. The number of ether oxygens (including phenoxy) is 3. The van der Waals surface area contributed by atoms with Crippen molar-refractivity contribution in [1.82, 2.24) is 0 Å². The molecule has 33 heavy (non-hydrogen) atoms. The standard InChI is InChI=1S/C27H26N2O4/c1-18-5-6-20(13-19(18)2)17-33-26-15-25(32-4)10-7-21(26)14-22(16-28)27(30)29-23-8-11-24(31-3)12-9-23/h5-15H,17H2,1-4H3,(H,29,30)/b22-14+. The molecule has 0 radical (unpaired) electrons. The maximum Gasteiger partial charge on any atom is 0.266 e. The van der Waals surface area contributed by atoms with Crippen molar-refractivity contribution in [2.45, 2.75) is 20.5 Å². The van der Waals surface area contributed by atoms with Gasteiger partial charge < -0.3 is 19.5 Å². The molecule has 0 aliphatic heterocycles. The number of carbonyl (C=O) groups is 1. The summed E-state index contributed by atoms with van der Waals surface area (Å²) in [5.74, 6) is 1.28. The number of carbonyl (C=O) groups excluding carboxylic acids is 1. The summed E-state index contributed by atoms with van der Waals surface area (Å²) in [4.78, 5) is 12.7. The number of amides is 1. The Morgan fingerprint density at radius 1 is 0.939 bits per heavy atom. The normalized spacial score (nSPS) is 10.8. The molecule has 0 aromatic heterocycles. The molecule has 1 amide bonds. The first-order valence-electron chi connectivity index (χ1n) is 10.4. The fraction of sp³-hybridized carbons (Fsp3) is 0.185. The van der Waals surface area contributed by atoms with E-state index in [-0.39, 0.29) is 5.57 Å². The highest BCUT2D eigenvalue weighted by atomic mass is 16.5. The lowest BCUT2D eigenvalue weighted by Gasteiger charge is -2.13. The molecular formula is C27H26N2O4. The molecule has 0 spiro atoms. The van der Waals surface area contributed by atoms with Crippen LogP contribution in [0.15, 0.2) is 66.2 Å². The number of rotatable bonds is 8. The van der Waals surface area contributed by atoms with Gasteiger partial charge in [-0.2, -0.15) is 5.26 Å². The molecule has 3 aromatic rings. The molecule has 0 saturated carbocycles. The van der Waals surface area contributed by atoms with Crippen LogP contribution in [0.1, 0.15) is 22.3 Å². The predicted octanol–water partition coefficient (Wildman–Crippen LogP) is 5.45. The van der Waals surface area contributed by atoms with Crippen LogP contribution in [0.5, 0.6) is 17.2 Å². The zero-order valence-corrected chi connectivity index (χ0v) is 19.1. The van der Waals surface area contributed by atoms with E-state index in [9.17, 15) is 10.1 Å². The summed E-state index contributed by atoms with van der Waals surface area (Å²) >= 11 is 0. The van der Waals surface area contributed by atoms with Gasteiger partial charge in [-0.1, -0.05) is 18.2 Å². The molecule has 1 N–H and O–H groups in total. The molecule has 0 unspecified atom stereocenters. The van der Waals surface area contributed by atoms with E-state index < -0.39 is 5.91 Å². The van der Waals surface area contributed by atoms with E-state index in [1.54, 1.807) is 56.7 Å². The summed E-state index contributed by atoms with van der Waals surface area (Å²) in [6.07, 6.45) is 1.51. The van der Waals surface area contributed by atoms with Gasteiger partial charge in [0, 0.05) is 17.3 Å². The minimum absolute atomic E-state index is 0.0491. The molecule has 0 aliphatic carbocycles. The van der Waals surface area contributed by atoms with Crippen LogP contribution in [0.25, 0.3) is 6.08 Å². The quantitative estimate of drug-likeness (QED) is 0.371. The number of nitriles is 1. The van der Waals surface area contributed by atoms with Gasteiger partial charge in [0.25, 0.3) is 5.91 Å². The highest BCUT2D eigenvalue weighted by Crippen LogP contribution is 2.28. The summed E-state index contributed by atoms with van der Waals surface area (Å²) in [6.45, 7) is 4.46. The first kappa shape index (κ1) is 23.4. The van der Waals surface area contributed by atoms with Crippen LogP contribution in [0.4, 0.5) is 5.69 Å². The lowest BCUT2D eigenvalue weighted by molar-refractivity contribution is -0.112. The molecule has 0 aliphatic rings. The number of nitrogens with zero attached hydrogens (tertiary/aromatic N) is 1. The van der Waals surface area contributed by atoms with E-state index in [0.29, 0.717) is 35.1 Å². The van der Waals surface area contributed by atoms with Crippen molar-refractivity contribution in [3.63, 3.8) is 0 Å². The average Bonchev–Trinajstić information content (AvgIpc) is 2.84. The second-order valence-electron chi connectivity index (χ2n) is 7.46. The second-order valence-corrected chi connectivity index (χ2v) is 7.46. The lowest BCUT2D eigenvalue weighted by atomic mass is 10.1. The Bertz CT molecular complexity index is 1210. The van der Waals surface area contributed by atoms with Gasteiger partial charge in [0.05, 0.1) is 14.2 Å². The Labute approximate surface area is 194 Å². The Hall–Kier alpha value is -4.24. The second kappa shape index (κ2) is 10.9. The van der Waals surface area contributed by atoms with Gasteiger partial charge in [-0.25, -0.2) is 0 Å². The molecular weight excluding hydrogens is 416 g/mol. The van der Waals surface area contributed by atoms with Gasteiger partial charge in [0.2, 0.25) is 0 Å². The van der Waals surface area contributed by atoms with Gasteiger partial charge in [-0.3, -0.25) is 4.79 Å². The number of anilines is 1. The van der Waals surface area contributed by atoms with Crippen LogP contribution in [-0.2, 0) is 11.4 Å². The van der Waals surface area contributed by atoms with E-state index in [0.717, 1.165) is 5.56 Å². The topological polar surface area (TPSA) is 80.6 Å². The van der Waals surface area contributed by atoms with Gasteiger partial charge in [0.15, 0.2) is 0 Å². The molecule has 3 rings (SSSR count). The Balaban J connectivity index is 1.83. The fourth-order valence-electron chi connectivity index (χ4n) is 3.12. The van der Waals surface area contributed by atoms with Crippen molar-refractivity contribution in [2.24, 2.45) is 0 Å². The number of hydrogen-bond acceptors (Lipinski definition) is 5. The largest absolute Gasteiger partial charge is 0.497 e. The number of aryl methyl sites for hydroxylation is 2. The molecule has 0 atom stereocenters. The van der Waals surface area contributed by atoms with Gasteiger partial charge in [-0.05, 0) is 73.0 Å². The van der Waals surface area contributed by atoms with Crippen LogP contribution < -0.4 is 19.5 Å². The predicted molar refractivity (Wildman–Crippen MR) is 128 cm³/mol. The van der Waals surface area contributed by atoms with Gasteiger partial charge >= 0.3 is 0 Å². The SMILES string of the molecule is COc1ccc(NC(=O)/C(C#N)=C/c2ccc(OC)cc2OCc2ccc(C)c(C)c2)cc1. The summed E-state index contributed by atoms with van der Waals surface area (Å²) < 4.78 is 16.5.